The van der Waals surface area contributed by atoms with E-state index in [0.29, 0.717) is 0 Å². The van der Waals surface area contributed by atoms with Crippen LogP contribution in [0.2, 0.25) is 0 Å². The molecule has 0 saturated carbocycles. The maximum Gasteiger partial charge on any atom is 0.134 e. The van der Waals surface area contributed by atoms with Gasteiger partial charge in [0.15, 0.2) is 0 Å². The molecule has 0 bridgehead atoms. The number of nitrogens with one attached hydrogen (secondary N) is 1. The third-order valence-electron chi connectivity index (χ3n) is 0.986. The Bertz CT molecular complexity index is 34.6. The monoisotopic (exact) mass is 67.1 g/mol. The highest BCUT2D eigenvalue weighted by Crippen LogP contribution is 1.78. The Morgan fingerprint density at radius 1 is 1.60 bits per heavy atom. The summed E-state index contributed by atoms with van der Waals surface area (Å²) < 4.78 is 0. The van der Waals surface area contributed by atoms with Crippen molar-refractivity contribution in [3.63, 3.8) is 0 Å². The van der Waals surface area contributed by atoms with E-state index >= 15 is 0 Å². The first-order chi connectivity index (χ1) is 2.39. The second kappa shape index (κ2) is 1.05. The zero-order chi connectivity index (χ0) is 3.70. The molecule has 5 heavy (non-hydrogen) atoms. The van der Waals surface area contributed by atoms with Gasteiger partial charge in [-0.2, -0.15) is 0 Å². The zero-order valence-electron chi connectivity index (χ0n) is 3.49. The lowest BCUT2D eigenvalue weighted by Gasteiger charge is -2.18. The van der Waals surface area contributed by atoms with Gasteiger partial charge in [-0.1, -0.05) is 0 Å². The van der Waals surface area contributed by atoms with Crippen molar-refractivity contribution in [2.75, 3.05) is 12.9 Å². The van der Waals surface area contributed by atoms with E-state index in [4.69, 9.17) is 0 Å². The van der Waals surface area contributed by atoms with Gasteiger partial charge in [0.2, 0.25) is 0 Å². The molecular weight excluding hydrogens is 59.7 g/mol. The van der Waals surface area contributed by atoms with E-state index in [9.17, 15) is 0 Å². The van der Waals surface area contributed by atoms with Crippen LogP contribution >= 0.6 is 0 Å². The lowest BCUT2D eigenvalue weighted by atomic mass is 9.29. The van der Waals surface area contributed by atoms with Gasteiger partial charge in [0, 0.05) is 0 Å². The highest BCUT2D eigenvalue weighted by atomic mass is 14.9. The van der Waals surface area contributed by atoms with Crippen LogP contribution in [0.4, 0.5) is 0 Å². The normalized spacial score (nSPS) is 22.0. The van der Waals surface area contributed by atoms with E-state index in [1.165, 1.54) is 12.9 Å². The molecule has 0 aromatic rings. The van der Waals surface area contributed by atoms with Gasteiger partial charge in [-0.05, 0) is 12.9 Å². The molecule has 1 N–H and O–H groups in total. The molecule has 0 radical (unpaired) electrons. The van der Waals surface area contributed by atoms with Gasteiger partial charge in [-0.25, -0.2) is 0 Å². The minimum atomic E-state index is 0.954. The molecule has 0 aromatic carbocycles. The minimum Gasteiger partial charge on any atom is -0.333 e. The molecule has 0 amide bonds. The molecule has 0 unspecified atom stereocenters. The highest BCUT2D eigenvalue weighted by molar-refractivity contribution is 7.05. The molecule has 1 rings (SSSR count). The second-order valence-corrected chi connectivity index (χ2v) is 1.76. The van der Waals surface area contributed by atoms with Crippen LogP contribution in [0.15, 0.2) is 0 Å². The topological polar surface area (TPSA) is 12.0 Å². The fraction of sp³-hybridized carbons (Fsp3) is 1.00. The van der Waals surface area contributed by atoms with E-state index in [1.807, 2.05) is 0 Å². The van der Waals surface area contributed by atoms with Gasteiger partial charge in [0.25, 0.3) is 0 Å². The third kappa shape index (κ3) is 0.482. The van der Waals surface area contributed by atoms with Crippen LogP contribution in [-0.4, -0.2) is 27.2 Å². The van der Waals surface area contributed by atoms with Crippen LogP contribution in [0.3, 0.4) is 0 Å². The molecule has 1 nitrogen and oxygen atoms in total. The number of rotatable bonds is 0. The highest BCUT2D eigenvalue weighted by Gasteiger charge is 2.12. The maximum absolute atomic E-state index is 3.16. The third-order valence-corrected chi connectivity index (χ3v) is 0.986. The molecule has 1 fully saturated rings. The molecule has 26 valence electrons. The molecule has 0 atom stereocenters. The Kier molecular flexibility index (Phi) is 0.692. The fourth-order valence-corrected chi connectivity index (χ4v) is 0.433. The molecule has 1 aliphatic rings. The summed E-state index contributed by atoms with van der Waals surface area (Å²) >= 11 is 0. The van der Waals surface area contributed by atoms with Crippen LogP contribution < -0.4 is 5.32 Å². The van der Waals surface area contributed by atoms with Crippen LogP contribution in [0.1, 0.15) is 0 Å². The summed E-state index contributed by atoms with van der Waals surface area (Å²) in [6, 6.07) is 0. The minimum absolute atomic E-state index is 0.954. The Morgan fingerprint density at radius 3 is 2.00 bits per heavy atom. The van der Waals surface area contributed by atoms with Crippen molar-refractivity contribution in [3.8, 4) is 0 Å². The molecule has 3 heteroatoms. The zero-order valence-corrected chi connectivity index (χ0v) is 3.49. The number of hydrogen-bond donors (Lipinski definition) is 1. The standard InChI is InChI=1S/C2H7B2N/c3-4-1-5-2-4/h5H,1-3H2. The lowest BCUT2D eigenvalue weighted by Crippen LogP contribution is -2.51. The summed E-state index contributed by atoms with van der Waals surface area (Å²) in [7, 11) is 2.25. The second-order valence-electron chi connectivity index (χ2n) is 1.76. The van der Waals surface area contributed by atoms with Gasteiger partial charge in [-0.3, -0.25) is 0 Å². The van der Waals surface area contributed by atoms with Crippen LogP contribution in [-0.2, 0) is 0 Å². The van der Waals surface area contributed by atoms with Gasteiger partial charge < -0.3 is 5.32 Å². The molecule has 0 aromatic heterocycles. The van der Waals surface area contributed by atoms with Crippen molar-refractivity contribution in [3.05, 3.63) is 0 Å². The molecule has 0 aliphatic carbocycles. The van der Waals surface area contributed by atoms with Crippen molar-refractivity contribution < 1.29 is 0 Å². The molecule has 1 aliphatic heterocycles. The molecule has 1 saturated heterocycles. The lowest BCUT2D eigenvalue weighted by molar-refractivity contribution is 0.835. The summed E-state index contributed by atoms with van der Waals surface area (Å²) in [6.07, 6.45) is 2.47. The predicted molar refractivity (Wildman–Crippen MR) is 27.2 cm³/mol. The van der Waals surface area contributed by atoms with Gasteiger partial charge in [0.1, 0.15) is 6.60 Å². The van der Waals surface area contributed by atoms with Crippen LogP contribution in [0.5, 0.6) is 0 Å². The molecule has 1 heterocycles. The summed E-state index contributed by atoms with van der Waals surface area (Å²) in [5, 5.41) is 3.16. The first-order valence-corrected chi connectivity index (χ1v) is 2.10. The van der Waals surface area contributed by atoms with Crippen molar-refractivity contribution >= 4 is 14.3 Å². The number of hydrogen-bond acceptors (Lipinski definition) is 1. The Morgan fingerprint density at radius 2 is 2.00 bits per heavy atom. The first kappa shape index (κ1) is 3.29. The maximum atomic E-state index is 3.16. The van der Waals surface area contributed by atoms with Gasteiger partial charge in [-0.15, -0.1) is 0 Å². The van der Waals surface area contributed by atoms with Crippen molar-refractivity contribution in [2.24, 2.45) is 0 Å². The van der Waals surface area contributed by atoms with Crippen LogP contribution in [0.25, 0.3) is 0 Å². The van der Waals surface area contributed by atoms with Crippen molar-refractivity contribution in [1.82, 2.24) is 5.32 Å². The van der Waals surface area contributed by atoms with E-state index in [2.05, 4.69) is 13.1 Å². The van der Waals surface area contributed by atoms with E-state index in [-0.39, 0.29) is 0 Å². The first-order valence-electron chi connectivity index (χ1n) is 2.10. The summed E-state index contributed by atoms with van der Waals surface area (Å²) in [4.78, 5) is 0. The Labute approximate surface area is 33.6 Å². The molecule has 0 spiro atoms. The van der Waals surface area contributed by atoms with Gasteiger partial charge in [0.05, 0.1) is 7.74 Å². The Hall–Kier alpha value is 0.0899. The van der Waals surface area contributed by atoms with Crippen molar-refractivity contribution in [1.29, 1.82) is 0 Å². The van der Waals surface area contributed by atoms with E-state index in [1.54, 1.807) is 0 Å². The van der Waals surface area contributed by atoms with E-state index < -0.39 is 0 Å². The summed E-state index contributed by atoms with van der Waals surface area (Å²) in [5.74, 6) is 0. The summed E-state index contributed by atoms with van der Waals surface area (Å²) in [6.45, 7) is 0.954. The Balaban J connectivity index is 2.08. The summed E-state index contributed by atoms with van der Waals surface area (Å²) in [5.41, 5.74) is 0. The van der Waals surface area contributed by atoms with E-state index in [0.717, 1.165) is 6.60 Å². The SMILES string of the molecule is BB1CNC1. The largest absolute Gasteiger partial charge is 0.333 e. The predicted octanol–water partition coefficient (Wildman–Crippen LogP) is -1.71. The smallest absolute Gasteiger partial charge is 0.134 e. The van der Waals surface area contributed by atoms with Gasteiger partial charge >= 0.3 is 0 Å². The average Bonchev–Trinajstić information content (AvgIpc) is 1.30. The van der Waals surface area contributed by atoms with Crippen LogP contribution in [0, 0.1) is 0 Å². The molecular formula is C2H7B2N. The fourth-order valence-electron chi connectivity index (χ4n) is 0.433. The van der Waals surface area contributed by atoms with Crippen molar-refractivity contribution in [2.45, 2.75) is 0 Å². The average molecular weight is 66.7 g/mol. The quantitative estimate of drug-likeness (QED) is 0.332.